The molecule has 178 valence electrons. The van der Waals surface area contributed by atoms with E-state index in [9.17, 15) is 23.1 Å². The predicted molar refractivity (Wildman–Crippen MR) is 116 cm³/mol. The maximum Gasteiger partial charge on any atom is 0.327 e. The minimum Gasteiger partial charge on any atom is -0.493 e. The first kappa shape index (κ1) is 21.4. The highest BCUT2D eigenvalue weighted by molar-refractivity contribution is 7.91. The van der Waals surface area contributed by atoms with E-state index in [0.717, 1.165) is 35.1 Å². The summed E-state index contributed by atoms with van der Waals surface area (Å²) < 4.78 is 45.4. The first-order valence-corrected chi connectivity index (χ1v) is 13.7. The lowest BCUT2D eigenvalue weighted by atomic mass is 9.76. The number of aliphatic carboxylic acids is 1. The molecule has 1 aromatic rings. The molecule has 1 saturated heterocycles. The number of rotatable bonds is 6. The van der Waals surface area contributed by atoms with Crippen molar-refractivity contribution >= 4 is 21.7 Å². The van der Waals surface area contributed by atoms with Crippen molar-refractivity contribution in [3.05, 3.63) is 29.1 Å². The van der Waals surface area contributed by atoms with Gasteiger partial charge in [-0.3, -0.25) is 4.79 Å². The standard InChI is InChI=1S/C24H28FNO6S/c25-19-7-21(32-11-24-8-13-3-14(9-24)5-16(24)4-13)17(15-1-2-15)6-18(19)22(27)26-12-33(30,31)10-20(26)23(28)29/h6-7,13-16,20H,1-5,8-12H2,(H,28,29)/t13?,14?,16?,20-,24?/m0/s1. The van der Waals surface area contributed by atoms with Crippen LogP contribution in [0.2, 0.25) is 0 Å². The fraction of sp³-hybridized carbons (Fsp3) is 0.667. The summed E-state index contributed by atoms with van der Waals surface area (Å²) in [6.07, 6.45) is 8.10. The van der Waals surface area contributed by atoms with E-state index in [1.807, 2.05) is 0 Å². The number of ether oxygens (including phenoxy) is 1. The SMILES string of the molecule is O=C(O)[C@@H]1CS(=O)(=O)CN1C(=O)c1cc(C2CC2)c(OCC23CC4CC(CC2C4)C3)cc1F. The van der Waals surface area contributed by atoms with E-state index in [0.29, 0.717) is 18.3 Å². The minimum atomic E-state index is -3.73. The first-order valence-electron chi connectivity index (χ1n) is 11.8. The number of sulfone groups is 1. The van der Waals surface area contributed by atoms with Gasteiger partial charge in [0.15, 0.2) is 9.84 Å². The number of carbonyl (C=O) groups is 2. The van der Waals surface area contributed by atoms with E-state index in [-0.39, 0.29) is 16.9 Å². The van der Waals surface area contributed by atoms with E-state index in [4.69, 9.17) is 4.74 Å². The van der Waals surface area contributed by atoms with E-state index in [2.05, 4.69) is 0 Å². The Morgan fingerprint density at radius 2 is 1.85 bits per heavy atom. The number of carboxylic acids is 1. The smallest absolute Gasteiger partial charge is 0.327 e. The molecule has 9 heteroatoms. The largest absolute Gasteiger partial charge is 0.493 e. The zero-order valence-corrected chi connectivity index (χ0v) is 19.2. The molecule has 1 aliphatic heterocycles. The third-order valence-corrected chi connectivity index (χ3v) is 10.2. The molecule has 5 aliphatic carbocycles. The second-order valence-electron chi connectivity index (χ2n) is 11.0. The molecule has 1 heterocycles. The van der Waals surface area contributed by atoms with E-state index in [1.165, 1.54) is 44.2 Å². The van der Waals surface area contributed by atoms with Crippen molar-refractivity contribution in [1.29, 1.82) is 0 Å². The first-order chi connectivity index (χ1) is 15.6. The second-order valence-corrected chi connectivity index (χ2v) is 13.1. The van der Waals surface area contributed by atoms with Crippen LogP contribution in [0.15, 0.2) is 12.1 Å². The lowest BCUT2D eigenvalue weighted by molar-refractivity contribution is -0.140. The Labute approximate surface area is 192 Å². The van der Waals surface area contributed by atoms with Crippen molar-refractivity contribution in [2.45, 2.75) is 56.9 Å². The van der Waals surface area contributed by atoms with Crippen molar-refractivity contribution in [2.75, 3.05) is 18.2 Å². The third-order valence-electron chi connectivity index (χ3n) is 8.69. The topological polar surface area (TPSA) is 101 Å². The Bertz CT molecular complexity index is 1130. The van der Waals surface area contributed by atoms with Gasteiger partial charge in [0, 0.05) is 11.5 Å². The summed E-state index contributed by atoms with van der Waals surface area (Å²) in [5.41, 5.74) is 0.673. The molecule has 4 bridgehead atoms. The van der Waals surface area contributed by atoms with Crippen molar-refractivity contribution in [3.63, 3.8) is 0 Å². The van der Waals surface area contributed by atoms with Gasteiger partial charge in [-0.15, -0.1) is 0 Å². The van der Waals surface area contributed by atoms with Gasteiger partial charge >= 0.3 is 5.97 Å². The highest BCUT2D eigenvalue weighted by Crippen LogP contribution is 2.65. The normalized spacial score (nSPS) is 35.8. The summed E-state index contributed by atoms with van der Waals surface area (Å²) in [4.78, 5) is 25.3. The minimum absolute atomic E-state index is 0.179. The van der Waals surface area contributed by atoms with Crippen LogP contribution in [0.25, 0.3) is 0 Å². The van der Waals surface area contributed by atoms with Crippen LogP contribution in [0, 0.1) is 29.0 Å². The number of carboxylic acid groups (broad SMARTS) is 1. The highest BCUT2D eigenvalue weighted by Gasteiger charge is 2.58. The summed E-state index contributed by atoms with van der Waals surface area (Å²) >= 11 is 0. The van der Waals surface area contributed by atoms with Crippen LogP contribution in [0.3, 0.4) is 0 Å². The molecule has 3 atom stereocenters. The Morgan fingerprint density at radius 1 is 1.15 bits per heavy atom. The van der Waals surface area contributed by atoms with Gasteiger partial charge in [0.2, 0.25) is 0 Å². The van der Waals surface area contributed by atoms with Gasteiger partial charge in [-0.1, -0.05) is 0 Å². The summed E-state index contributed by atoms with van der Waals surface area (Å²) in [7, 11) is -3.73. The van der Waals surface area contributed by atoms with Crippen LogP contribution in [-0.2, 0) is 14.6 Å². The highest BCUT2D eigenvalue weighted by atomic mass is 32.2. The van der Waals surface area contributed by atoms with Crippen LogP contribution in [0.5, 0.6) is 5.75 Å². The van der Waals surface area contributed by atoms with E-state index in [1.54, 1.807) is 0 Å². The molecule has 1 amide bonds. The molecule has 0 radical (unpaired) electrons. The van der Waals surface area contributed by atoms with Crippen molar-refractivity contribution in [3.8, 4) is 5.75 Å². The third kappa shape index (κ3) is 3.54. The monoisotopic (exact) mass is 477 g/mol. The molecule has 6 fully saturated rings. The summed E-state index contributed by atoms with van der Waals surface area (Å²) in [6.45, 7) is 0.572. The van der Waals surface area contributed by atoms with Gasteiger partial charge < -0.3 is 14.7 Å². The van der Waals surface area contributed by atoms with Crippen LogP contribution in [-0.4, -0.2) is 54.6 Å². The fourth-order valence-corrected chi connectivity index (χ4v) is 8.87. The molecule has 0 spiro atoms. The molecule has 33 heavy (non-hydrogen) atoms. The van der Waals surface area contributed by atoms with Gasteiger partial charge in [-0.25, -0.2) is 17.6 Å². The van der Waals surface area contributed by atoms with Gasteiger partial charge in [-0.2, -0.15) is 0 Å². The molecule has 5 saturated carbocycles. The molecule has 1 aromatic carbocycles. The number of benzene rings is 1. The molecular formula is C24H28FNO6S. The Kier molecular flexibility index (Phi) is 4.64. The van der Waals surface area contributed by atoms with Crippen LogP contribution in [0.4, 0.5) is 4.39 Å². The summed E-state index contributed by atoms with van der Waals surface area (Å²) in [5, 5.41) is 9.38. The van der Waals surface area contributed by atoms with Crippen LogP contribution < -0.4 is 4.74 Å². The van der Waals surface area contributed by atoms with Crippen molar-refractivity contribution in [2.24, 2.45) is 23.2 Å². The van der Waals surface area contributed by atoms with Crippen LogP contribution in [0.1, 0.15) is 66.8 Å². The molecule has 7 nitrogen and oxygen atoms in total. The second kappa shape index (κ2) is 7.17. The lowest BCUT2D eigenvalue weighted by Crippen LogP contribution is -2.42. The van der Waals surface area contributed by atoms with Gasteiger partial charge in [0.25, 0.3) is 5.91 Å². The lowest BCUT2D eigenvalue weighted by Gasteiger charge is -2.33. The van der Waals surface area contributed by atoms with Gasteiger partial charge in [0.1, 0.15) is 23.5 Å². The van der Waals surface area contributed by atoms with Gasteiger partial charge in [0.05, 0.1) is 17.9 Å². The maximum atomic E-state index is 15.2. The van der Waals surface area contributed by atoms with Crippen molar-refractivity contribution in [1.82, 2.24) is 4.90 Å². The predicted octanol–water partition coefficient (Wildman–Crippen LogP) is 3.19. The van der Waals surface area contributed by atoms with Crippen LogP contribution >= 0.6 is 0 Å². The zero-order valence-electron chi connectivity index (χ0n) is 18.3. The Morgan fingerprint density at radius 3 is 2.48 bits per heavy atom. The Balaban J connectivity index is 1.27. The molecular weight excluding hydrogens is 449 g/mol. The average molecular weight is 478 g/mol. The van der Waals surface area contributed by atoms with Crippen molar-refractivity contribution < 1.29 is 32.2 Å². The molecule has 6 aliphatic rings. The number of amides is 1. The summed E-state index contributed by atoms with van der Waals surface area (Å²) in [6, 6.07) is 1.21. The fourth-order valence-electron chi connectivity index (χ4n) is 7.24. The quantitative estimate of drug-likeness (QED) is 0.675. The Hall–Kier alpha value is -2.16. The van der Waals surface area contributed by atoms with E-state index >= 15 is 4.39 Å². The average Bonchev–Trinajstić information content (AvgIpc) is 3.43. The summed E-state index contributed by atoms with van der Waals surface area (Å²) in [5.74, 6) is -1.55. The number of halogens is 1. The molecule has 0 aromatic heterocycles. The maximum absolute atomic E-state index is 15.2. The molecule has 7 rings (SSSR count). The molecule has 1 N–H and O–H groups in total. The van der Waals surface area contributed by atoms with E-state index < -0.39 is 45.2 Å². The molecule has 2 unspecified atom stereocenters. The number of carbonyl (C=O) groups excluding carboxylic acids is 1. The zero-order chi connectivity index (χ0) is 23.1. The number of nitrogens with zero attached hydrogens (tertiary/aromatic N) is 1. The number of hydrogen-bond acceptors (Lipinski definition) is 5. The number of hydrogen-bond donors (Lipinski definition) is 1. The van der Waals surface area contributed by atoms with Gasteiger partial charge in [-0.05, 0) is 80.2 Å².